The minimum absolute atomic E-state index is 0. The Morgan fingerprint density at radius 1 is 1.29 bits per heavy atom. The predicted octanol–water partition coefficient (Wildman–Crippen LogP) is 3.25. The molecular formula is C13H21Cl2N3O2S. The zero-order valence-electron chi connectivity index (χ0n) is 11.7. The SMILES string of the molecule is Cl.Cl.O=[N+]([O-])c1ccc([C@@H](C2CCC2)N2CCNCC2)s1. The van der Waals surface area contributed by atoms with Gasteiger partial charge in [0, 0.05) is 43.2 Å². The maximum atomic E-state index is 10.9. The molecule has 2 heterocycles. The molecule has 0 spiro atoms. The van der Waals surface area contributed by atoms with Gasteiger partial charge in [-0.05, 0) is 24.8 Å². The molecule has 5 nitrogen and oxygen atoms in total. The largest absolute Gasteiger partial charge is 0.324 e. The van der Waals surface area contributed by atoms with E-state index in [-0.39, 0.29) is 34.7 Å². The van der Waals surface area contributed by atoms with Gasteiger partial charge in [-0.15, -0.1) is 24.8 Å². The van der Waals surface area contributed by atoms with Crippen molar-refractivity contribution in [3.8, 4) is 0 Å². The maximum Gasteiger partial charge on any atom is 0.324 e. The molecule has 0 radical (unpaired) electrons. The highest BCUT2D eigenvalue weighted by atomic mass is 35.5. The van der Waals surface area contributed by atoms with Crippen LogP contribution < -0.4 is 5.32 Å². The second-order valence-corrected chi connectivity index (χ2v) is 6.45. The van der Waals surface area contributed by atoms with E-state index in [1.54, 1.807) is 6.07 Å². The molecule has 1 aliphatic carbocycles. The smallest absolute Gasteiger partial charge is 0.314 e. The van der Waals surface area contributed by atoms with E-state index in [1.165, 1.54) is 35.5 Å². The van der Waals surface area contributed by atoms with Gasteiger partial charge in [-0.1, -0.05) is 17.8 Å². The van der Waals surface area contributed by atoms with Crippen LogP contribution in [0.25, 0.3) is 0 Å². The minimum Gasteiger partial charge on any atom is -0.314 e. The van der Waals surface area contributed by atoms with Gasteiger partial charge in [-0.3, -0.25) is 15.0 Å². The predicted molar refractivity (Wildman–Crippen MR) is 90.0 cm³/mol. The Bertz CT molecular complexity index is 462. The van der Waals surface area contributed by atoms with Crippen molar-refractivity contribution in [2.24, 2.45) is 5.92 Å². The van der Waals surface area contributed by atoms with Crippen molar-refractivity contribution < 1.29 is 4.92 Å². The van der Waals surface area contributed by atoms with Gasteiger partial charge < -0.3 is 5.32 Å². The van der Waals surface area contributed by atoms with Gasteiger partial charge in [0.15, 0.2) is 0 Å². The van der Waals surface area contributed by atoms with Crippen molar-refractivity contribution in [2.75, 3.05) is 26.2 Å². The van der Waals surface area contributed by atoms with Gasteiger partial charge in [-0.25, -0.2) is 0 Å². The molecule has 0 amide bonds. The summed E-state index contributed by atoms with van der Waals surface area (Å²) in [6, 6.07) is 4.02. The van der Waals surface area contributed by atoms with E-state index in [1.807, 2.05) is 6.07 Å². The Hall–Kier alpha value is -0.400. The molecule has 1 aliphatic heterocycles. The van der Waals surface area contributed by atoms with E-state index in [2.05, 4.69) is 10.2 Å². The van der Waals surface area contributed by atoms with Gasteiger partial charge in [0.25, 0.3) is 0 Å². The van der Waals surface area contributed by atoms with E-state index in [0.717, 1.165) is 26.2 Å². The Morgan fingerprint density at radius 2 is 1.95 bits per heavy atom. The summed E-state index contributed by atoms with van der Waals surface area (Å²) >= 11 is 1.36. The number of rotatable bonds is 4. The Morgan fingerprint density at radius 3 is 2.43 bits per heavy atom. The Labute approximate surface area is 141 Å². The fourth-order valence-corrected chi connectivity index (χ4v) is 4.08. The highest BCUT2D eigenvalue weighted by molar-refractivity contribution is 7.15. The number of halogens is 2. The third kappa shape index (κ3) is 4.07. The molecule has 1 N–H and O–H groups in total. The molecular weight excluding hydrogens is 333 g/mol. The second-order valence-electron chi connectivity index (χ2n) is 5.35. The number of nitro groups is 1. The molecule has 21 heavy (non-hydrogen) atoms. The van der Waals surface area contributed by atoms with Gasteiger partial charge in [0.05, 0.1) is 4.92 Å². The van der Waals surface area contributed by atoms with Crippen LogP contribution in [0.1, 0.15) is 30.2 Å². The third-order valence-corrected chi connectivity index (χ3v) is 5.33. The summed E-state index contributed by atoms with van der Waals surface area (Å²) in [5.41, 5.74) is 0. The summed E-state index contributed by atoms with van der Waals surface area (Å²) in [5, 5.41) is 14.5. The van der Waals surface area contributed by atoms with Crippen LogP contribution in [0.5, 0.6) is 0 Å². The summed E-state index contributed by atoms with van der Waals surface area (Å²) in [6.07, 6.45) is 3.83. The molecule has 3 rings (SSSR count). The molecule has 8 heteroatoms. The van der Waals surface area contributed by atoms with Crippen LogP contribution >= 0.6 is 36.2 Å². The molecule has 0 bridgehead atoms. The molecule has 2 fully saturated rings. The molecule has 1 saturated heterocycles. The Kier molecular flexibility index (Phi) is 7.36. The van der Waals surface area contributed by atoms with Gasteiger partial charge in [-0.2, -0.15) is 0 Å². The molecule has 0 unspecified atom stereocenters. The number of piperazine rings is 1. The lowest BCUT2D eigenvalue weighted by molar-refractivity contribution is -0.380. The normalized spacial score (nSPS) is 20.8. The fraction of sp³-hybridized carbons (Fsp3) is 0.692. The van der Waals surface area contributed by atoms with Crippen LogP contribution in [-0.2, 0) is 0 Å². The van der Waals surface area contributed by atoms with Crippen LogP contribution in [0, 0.1) is 16.0 Å². The van der Waals surface area contributed by atoms with E-state index in [4.69, 9.17) is 0 Å². The Balaban J connectivity index is 0.00000110. The van der Waals surface area contributed by atoms with Crippen molar-refractivity contribution in [1.82, 2.24) is 10.2 Å². The fourth-order valence-electron chi connectivity index (χ4n) is 3.03. The van der Waals surface area contributed by atoms with E-state index < -0.39 is 0 Å². The zero-order chi connectivity index (χ0) is 13.2. The average Bonchev–Trinajstić information content (AvgIpc) is 2.84. The monoisotopic (exact) mass is 353 g/mol. The first-order chi connectivity index (χ1) is 9.25. The first kappa shape index (κ1) is 18.6. The van der Waals surface area contributed by atoms with Crippen molar-refractivity contribution >= 4 is 41.2 Å². The topological polar surface area (TPSA) is 58.4 Å². The molecule has 1 aromatic heterocycles. The minimum atomic E-state index is -0.274. The summed E-state index contributed by atoms with van der Waals surface area (Å²) in [7, 11) is 0. The lowest BCUT2D eigenvalue weighted by Gasteiger charge is -2.42. The summed E-state index contributed by atoms with van der Waals surface area (Å²) < 4.78 is 0. The number of hydrogen-bond acceptors (Lipinski definition) is 5. The zero-order valence-corrected chi connectivity index (χ0v) is 14.1. The first-order valence-electron chi connectivity index (χ1n) is 6.94. The van der Waals surface area contributed by atoms with Crippen LogP contribution in [0.4, 0.5) is 5.00 Å². The lowest BCUT2D eigenvalue weighted by atomic mass is 9.78. The number of thiophene rings is 1. The average molecular weight is 354 g/mol. The number of nitrogens with one attached hydrogen (secondary N) is 1. The maximum absolute atomic E-state index is 10.9. The van der Waals surface area contributed by atoms with Crippen LogP contribution in [0.15, 0.2) is 12.1 Å². The van der Waals surface area contributed by atoms with Crippen LogP contribution in [-0.4, -0.2) is 36.0 Å². The van der Waals surface area contributed by atoms with Crippen molar-refractivity contribution in [3.63, 3.8) is 0 Å². The van der Waals surface area contributed by atoms with E-state index >= 15 is 0 Å². The molecule has 1 aromatic rings. The molecule has 0 aromatic carbocycles. The molecule has 2 aliphatic rings. The van der Waals surface area contributed by atoms with Crippen molar-refractivity contribution in [1.29, 1.82) is 0 Å². The van der Waals surface area contributed by atoms with Crippen molar-refractivity contribution in [2.45, 2.75) is 25.3 Å². The quantitative estimate of drug-likeness (QED) is 0.666. The number of nitrogens with zero attached hydrogens (tertiary/aromatic N) is 2. The number of hydrogen-bond donors (Lipinski definition) is 1. The molecule has 1 saturated carbocycles. The molecule has 1 atom stereocenters. The van der Waals surface area contributed by atoms with Gasteiger partial charge in [0.2, 0.25) is 0 Å². The molecule has 120 valence electrons. The first-order valence-corrected chi connectivity index (χ1v) is 7.76. The van der Waals surface area contributed by atoms with Crippen LogP contribution in [0.3, 0.4) is 0 Å². The summed E-state index contributed by atoms with van der Waals surface area (Å²) in [4.78, 5) is 14.3. The van der Waals surface area contributed by atoms with Crippen LogP contribution in [0.2, 0.25) is 0 Å². The third-order valence-electron chi connectivity index (χ3n) is 4.23. The van der Waals surface area contributed by atoms with Gasteiger partial charge >= 0.3 is 5.00 Å². The lowest BCUT2D eigenvalue weighted by Crippen LogP contribution is -2.47. The summed E-state index contributed by atoms with van der Waals surface area (Å²) in [5.74, 6) is 0.691. The van der Waals surface area contributed by atoms with E-state index in [9.17, 15) is 10.1 Å². The second kappa shape index (κ2) is 8.29. The standard InChI is InChI=1S/C13H19N3O2S.2ClH/c17-16(18)12-5-4-11(19-12)13(10-2-1-3-10)15-8-6-14-7-9-15;;/h4-5,10,13-14H,1-3,6-9H2;2*1H/t13-;;/m1../s1. The van der Waals surface area contributed by atoms with Gasteiger partial charge in [0.1, 0.15) is 0 Å². The highest BCUT2D eigenvalue weighted by Gasteiger charge is 2.35. The van der Waals surface area contributed by atoms with E-state index in [0.29, 0.717) is 12.0 Å². The highest BCUT2D eigenvalue weighted by Crippen LogP contribution is 2.44. The summed E-state index contributed by atoms with van der Waals surface area (Å²) in [6.45, 7) is 4.15. The van der Waals surface area contributed by atoms with Crippen molar-refractivity contribution in [3.05, 3.63) is 27.1 Å².